The molecule has 3 aliphatic rings. The number of urea groups is 1. The van der Waals surface area contributed by atoms with Crippen molar-refractivity contribution in [3.8, 4) is 11.5 Å². The molecule has 2 heterocycles. The zero-order chi connectivity index (χ0) is 25.9. The summed E-state index contributed by atoms with van der Waals surface area (Å²) in [5.74, 6) is 2.52. The first kappa shape index (κ1) is 25.1. The van der Waals surface area contributed by atoms with Crippen molar-refractivity contribution in [2.24, 2.45) is 16.0 Å². The van der Waals surface area contributed by atoms with E-state index in [0.29, 0.717) is 17.4 Å². The molecule has 0 atom stereocenters. The summed E-state index contributed by atoms with van der Waals surface area (Å²) >= 11 is 0. The van der Waals surface area contributed by atoms with Crippen molar-refractivity contribution in [2.45, 2.75) is 58.4 Å². The van der Waals surface area contributed by atoms with Gasteiger partial charge in [-0.3, -0.25) is 9.89 Å². The van der Waals surface area contributed by atoms with Gasteiger partial charge in [-0.05, 0) is 50.5 Å². The number of ether oxygens (including phenoxy) is 2. The molecule has 0 radical (unpaired) electrons. The Balaban J connectivity index is 1.63. The van der Waals surface area contributed by atoms with Crippen molar-refractivity contribution < 1.29 is 14.3 Å². The monoisotopic (exact) mass is 503 g/mol. The fraction of sp³-hybridized carbons (Fsp3) is 0.483. The lowest BCUT2D eigenvalue weighted by Gasteiger charge is -2.29. The maximum absolute atomic E-state index is 14.1. The number of amidine groups is 1. The van der Waals surface area contributed by atoms with Crippen LogP contribution in [0.25, 0.3) is 0 Å². The molecule has 8 heteroatoms. The third kappa shape index (κ3) is 5.02. The molecule has 1 saturated carbocycles. The van der Waals surface area contributed by atoms with Gasteiger partial charge in [0.15, 0.2) is 11.5 Å². The summed E-state index contributed by atoms with van der Waals surface area (Å²) in [6.45, 7) is 5.74. The van der Waals surface area contributed by atoms with Gasteiger partial charge in [0.1, 0.15) is 5.84 Å². The van der Waals surface area contributed by atoms with Gasteiger partial charge < -0.3 is 14.8 Å². The molecule has 0 saturated heterocycles. The first-order valence-electron chi connectivity index (χ1n) is 13.3. The summed E-state index contributed by atoms with van der Waals surface area (Å²) in [7, 11) is 3.27. The van der Waals surface area contributed by atoms with E-state index in [2.05, 4.69) is 22.4 Å². The van der Waals surface area contributed by atoms with E-state index in [-0.39, 0.29) is 12.1 Å². The van der Waals surface area contributed by atoms with E-state index >= 15 is 0 Å². The Morgan fingerprint density at radius 3 is 2.35 bits per heavy atom. The zero-order valence-corrected chi connectivity index (χ0v) is 22.3. The lowest BCUT2D eigenvalue weighted by molar-refractivity contribution is 0.195. The number of rotatable bonds is 7. The molecule has 0 spiro atoms. The Hall–Kier alpha value is -3.55. The minimum Gasteiger partial charge on any atom is -0.493 e. The van der Waals surface area contributed by atoms with Crippen LogP contribution in [0.3, 0.4) is 0 Å². The van der Waals surface area contributed by atoms with E-state index < -0.39 is 0 Å². The molecule has 0 bridgehead atoms. The fourth-order valence-corrected chi connectivity index (χ4v) is 5.46. The average molecular weight is 504 g/mol. The average Bonchev–Trinajstić information content (AvgIpc) is 3.39. The number of nitrogens with one attached hydrogen (secondary N) is 1. The molecule has 2 amide bonds. The largest absolute Gasteiger partial charge is 0.493 e. The van der Waals surface area contributed by atoms with Crippen molar-refractivity contribution in [1.82, 2.24) is 10.3 Å². The molecule has 5 rings (SSSR count). The van der Waals surface area contributed by atoms with Crippen molar-refractivity contribution >= 4 is 29.0 Å². The van der Waals surface area contributed by atoms with Crippen LogP contribution in [-0.2, 0) is 6.42 Å². The normalized spacial score (nSPS) is 18.2. The smallest absolute Gasteiger partial charge is 0.349 e. The molecule has 2 aromatic rings. The van der Waals surface area contributed by atoms with Gasteiger partial charge in [0.2, 0.25) is 0 Å². The Morgan fingerprint density at radius 2 is 1.73 bits per heavy atom. The number of nitrogens with zero attached hydrogens (tertiary/aromatic N) is 4. The van der Waals surface area contributed by atoms with Crippen molar-refractivity contribution in [3.05, 3.63) is 47.5 Å². The van der Waals surface area contributed by atoms with Crippen LogP contribution in [0, 0.1) is 5.92 Å². The predicted octanol–water partition coefficient (Wildman–Crippen LogP) is 5.51. The molecule has 8 nitrogen and oxygen atoms in total. The minimum atomic E-state index is -0.177. The molecule has 0 unspecified atom stereocenters. The lowest BCUT2D eigenvalue weighted by Crippen LogP contribution is -2.41. The summed E-state index contributed by atoms with van der Waals surface area (Å²) < 4.78 is 11.4. The third-order valence-electron chi connectivity index (χ3n) is 7.41. The number of fused-ring (bicyclic) bond motifs is 1. The Morgan fingerprint density at radius 1 is 1.03 bits per heavy atom. The van der Waals surface area contributed by atoms with Crippen LogP contribution in [-0.4, -0.2) is 55.9 Å². The van der Waals surface area contributed by atoms with E-state index in [4.69, 9.17) is 14.6 Å². The summed E-state index contributed by atoms with van der Waals surface area (Å²) in [4.78, 5) is 20.4. The highest BCUT2D eigenvalue weighted by atomic mass is 16.5. The first-order valence-corrected chi connectivity index (χ1v) is 13.3. The van der Waals surface area contributed by atoms with Crippen molar-refractivity contribution in [3.63, 3.8) is 0 Å². The molecular formula is C29H37N5O3. The Labute approximate surface area is 219 Å². The highest BCUT2D eigenvalue weighted by Crippen LogP contribution is 2.43. The number of hydrogen-bond donors (Lipinski definition) is 1. The van der Waals surface area contributed by atoms with E-state index in [9.17, 15) is 4.79 Å². The van der Waals surface area contributed by atoms with Crippen LogP contribution < -0.4 is 19.7 Å². The molecule has 1 N–H and O–H groups in total. The van der Waals surface area contributed by atoms with E-state index in [0.717, 1.165) is 66.4 Å². The summed E-state index contributed by atoms with van der Waals surface area (Å²) in [5.41, 5.74) is 4.59. The van der Waals surface area contributed by atoms with Crippen LogP contribution in [0.2, 0.25) is 0 Å². The molecule has 1 fully saturated rings. The maximum atomic E-state index is 14.1. The molecule has 37 heavy (non-hydrogen) atoms. The summed E-state index contributed by atoms with van der Waals surface area (Å²) in [6, 6.07) is 11.8. The number of carbonyl (C=O) groups is 1. The second-order valence-electron chi connectivity index (χ2n) is 10.2. The van der Waals surface area contributed by atoms with Crippen LogP contribution in [0.15, 0.2) is 46.5 Å². The van der Waals surface area contributed by atoms with Crippen LogP contribution >= 0.6 is 0 Å². The van der Waals surface area contributed by atoms with Crippen LogP contribution in [0.5, 0.6) is 11.5 Å². The third-order valence-corrected chi connectivity index (χ3v) is 7.41. The Bertz CT molecular complexity index is 1200. The van der Waals surface area contributed by atoms with Gasteiger partial charge in [-0.2, -0.15) is 5.10 Å². The number of amides is 2. The van der Waals surface area contributed by atoms with Gasteiger partial charge in [-0.15, -0.1) is 0 Å². The molecule has 0 aromatic heterocycles. The quantitative estimate of drug-likeness (QED) is 0.540. The highest BCUT2D eigenvalue weighted by molar-refractivity contribution is 6.14. The summed E-state index contributed by atoms with van der Waals surface area (Å²) in [6.07, 6.45) is 6.48. The molecule has 2 aromatic carbocycles. The highest BCUT2D eigenvalue weighted by Gasteiger charge is 2.36. The number of hydrogen-bond acceptors (Lipinski definition) is 6. The van der Waals surface area contributed by atoms with Crippen molar-refractivity contribution in [2.75, 3.05) is 32.2 Å². The minimum absolute atomic E-state index is 0.0996. The van der Waals surface area contributed by atoms with Gasteiger partial charge in [-0.25, -0.2) is 9.80 Å². The van der Waals surface area contributed by atoms with Gasteiger partial charge in [-0.1, -0.05) is 31.4 Å². The van der Waals surface area contributed by atoms with Crippen LogP contribution in [0.4, 0.5) is 16.2 Å². The number of benzene rings is 2. The van der Waals surface area contributed by atoms with Crippen molar-refractivity contribution in [1.29, 1.82) is 0 Å². The molecule has 196 valence electrons. The van der Waals surface area contributed by atoms with Gasteiger partial charge in [0, 0.05) is 30.5 Å². The predicted molar refractivity (Wildman–Crippen MR) is 148 cm³/mol. The Kier molecular flexibility index (Phi) is 7.35. The number of aliphatic imine (C=N–C) groups is 1. The maximum Gasteiger partial charge on any atom is 0.349 e. The molecular weight excluding hydrogens is 466 g/mol. The number of carbonyl (C=O) groups excluding carboxylic acids is 1. The first-order chi connectivity index (χ1) is 18.0. The van der Waals surface area contributed by atoms with Gasteiger partial charge >= 0.3 is 6.03 Å². The van der Waals surface area contributed by atoms with Crippen LogP contribution in [0.1, 0.15) is 57.1 Å². The SMILES string of the molecule is COc1cc2c(cc1OC)N(c1ccc(CC3=NCCN3)cc1)C(=O)N(C(C)C)N=C2C1CCCCC1. The summed E-state index contributed by atoms with van der Waals surface area (Å²) in [5, 5.41) is 10.0. The number of methoxy groups -OCH3 is 2. The number of anilines is 2. The van der Waals surface area contributed by atoms with E-state index in [1.54, 1.807) is 24.1 Å². The zero-order valence-electron chi connectivity index (χ0n) is 22.3. The van der Waals surface area contributed by atoms with E-state index in [1.807, 2.05) is 38.1 Å². The molecule has 2 aliphatic heterocycles. The second-order valence-corrected chi connectivity index (χ2v) is 10.2. The van der Waals surface area contributed by atoms with Gasteiger partial charge in [0.25, 0.3) is 0 Å². The fourth-order valence-electron chi connectivity index (χ4n) is 5.46. The lowest BCUT2D eigenvalue weighted by atomic mass is 9.82. The second kappa shape index (κ2) is 10.8. The van der Waals surface area contributed by atoms with E-state index in [1.165, 1.54) is 19.3 Å². The van der Waals surface area contributed by atoms with Gasteiger partial charge in [0.05, 0.1) is 43.9 Å². The standard InChI is InChI=1S/C29H37N5O3/c1-19(2)34-29(35)33(22-12-10-20(11-13-22)16-27-30-14-15-31-27)24-18-26(37-4)25(36-3)17-23(24)28(32-34)21-8-6-5-7-9-21/h10-13,17-19,21H,5-9,14-16H2,1-4H3,(H,30,31). The number of hydrazone groups is 1. The topological polar surface area (TPSA) is 78.8 Å². The molecule has 1 aliphatic carbocycles.